The number of rotatable bonds is 7. The maximum absolute atomic E-state index is 12.0. The maximum atomic E-state index is 12.0. The van der Waals surface area contributed by atoms with Crippen molar-refractivity contribution in [2.24, 2.45) is 5.41 Å². The summed E-state index contributed by atoms with van der Waals surface area (Å²) in [6.45, 7) is 14.8. The highest BCUT2D eigenvalue weighted by molar-refractivity contribution is 5.90. The zero-order valence-corrected chi connectivity index (χ0v) is 18.7. The summed E-state index contributed by atoms with van der Waals surface area (Å²) >= 11 is 0. The van der Waals surface area contributed by atoms with E-state index in [0.29, 0.717) is 0 Å². The average Bonchev–Trinajstić information content (AvgIpc) is 2.60. The highest BCUT2D eigenvalue weighted by atomic mass is 16.1. The molecule has 0 heterocycles. The van der Waals surface area contributed by atoms with Gasteiger partial charge in [0.05, 0.1) is 0 Å². The van der Waals surface area contributed by atoms with Gasteiger partial charge in [-0.2, -0.15) is 0 Å². The average molecular weight is 380 g/mol. The molecule has 0 aromatic carbocycles. The van der Waals surface area contributed by atoms with Gasteiger partial charge >= 0.3 is 0 Å². The third-order valence-electron chi connectivity index (χ3n) is 5.06. The van der Waals surface area contributed by atoms with Crippen molar-refractivity contribution in [3.63, 3.8) is 0 Å². The summed E-state index contributed by atoms with van der Waals surface area (Å²) in [6, 6.07) is 0. The van der Waals surface area contributed by atoms with Crippen LogP contribution < -0.4 is 5.32 Å². The van der Waals surface area contributed by atoms with Gasteiger partial charge < -0.3 is 5.32 Å². The zero-order chi connectivity index (χ0) is 21.2. The third kappa shape index (κ3) is 8.12. The molecule has 1 N–H and O–H groups in total. The molecule has 28 heavy (non-hydrogen) atoms. The SMILES string of the molecule is C/C=C\C(=C/C)NC(=O)/C=C(C)/C=C/C=C(C)/C=C/C1=C(C)CCCC1(C)C. The second kappa shape index (κ2) is 11.5. The van der Waals surface area contributed by atoms with E-state index in [4.69, 9.17) is 0 Å². The van der Waals surface area contributed by atoms with Crippen LogP contribution in [0.2, 0.25) is 0 Å². The number of hydrogen-bond donors (Lipinski definition) is 1. The number of allylic oxidation sites excluding steroid dienone is 12. The summed E-state index contributed by atoms with van der Waals surface area (Å²) in [4.78, 5) is 12.0. The Labute approximate surface area is 172 Å². The van der Waals surface area contributed by atoms with Crippen LogP contribution in [0, 0.1) is 5.41 Å². The second-order valence-electron chi connectivity index (χ2n) is 8.16. The molecule has 2 nitrogen and oxygen atoms in total. The molecule has 0 radical (unpaired) electrons. The summed E-state index contributed by atoms with van der Waals surface area (Å²) < 4.78 is 0. The van der Waals surface area contributed by atoms with Crippen molar-refractivity contribution < 1.29 is 4.79 Å². The van der Waals surface area contributed by atoms with Gasteiger partial charge in [0, 0.05) is 11.8 Å². The number of nitrogens with one attached hydrogen (secondary N) is 1. The van der Waals surface area contributed by atoms with Crippen molar-refractivity contribution in [2.75, 3.05) is 0 Å². The lowest BCUT2D eigenvalue weighted by Gasteiger charge is -2.32. The Morgan fingerprint density at radius 1 is 1.07 bits per heavy atom. The molecule has 2 heteroatoms. The molecule has 0 saturated carbocycles. The molecule has 1 aliphatic carbocycles. The molecule has 0 bridgehead atoms. The van der Waals surface area contributed by atoms with E-state index in [-0.39, 0.29) is 11.3 Å². The Morgan fingerprint density at radius 2 is 1.79 bits per heavy atom. The van der Waals surface area contributed by atoms with E-state index in [1.807, 2.05) is 51.2 Å². The summed E-state index contributed by atoms with van der Waals surface area (Å²) in [5.74, 6) is -0.115. The van der Waals surface area contributed by atoms with Gasteiger partial charge in [0.25, 0.3) is 0 Å². The van der Waals surface area contributed by atoms with Crippen molar-refractivity contribution in [1.82, 2.24) is 5.32 Å². The van der Waals surface area contributed by atoms with Crippen LogP contribution in [-0.4, -0.2) is 5.91 Å². The molecule has 0 atom stereocenters. The third-order valence-corrected chi connectivity index (χ3v) is 5.06. The summed E-state index contributed by atoms with van der Waals surface area (Å²) in [6.07, 6.45) is 21.5. The Bertz CT molecular complexity index is 764. The minimum Gasteiger partial charge on any atom is -0.323 e. The van der Waals surface area contributed by atoms with Crippen molar-refractivity contribution in [1.29, 1.82) is 0 Å². The highest BCUT2D eigenvalue weighted by Gasteiger charge is 2.26. The molecule has 1 amide bonds. The van der Waals surface area contributed by atoms with Crippen molar-refractivity contribution in [3.8, 4) is 0 Å². The minimum absolute atomic E-state index is 0.115. The fourth-order valence-electron chi connectivity index (χ4n) is 3.46. The topological polar surface area (TPSA) is 29.1 Å². The largest absolute Gasteiger partial charge is 0.323 e. The lowest BCUT2D eigenvalue weighted by Crippen LogP contribution is -2.19. The van der Waals surface area contributed by atoms with E-state index in [9.17, 15) is 4.79 Å². The molecule has 1 aliphatic rings. The zero-order valence-electron chi connectivity index (χ0n) is 18.7. The standard InChI is InChI=1S/C26H37NO/c1-8-12-23(9-2)27-25(28)19-21(4)14-10-13-20(3)16-17-24-22(5)15-11-18-26(24,6)7/h8-10,12-14,16-17,19H,11,15,18H2,1-7H3,(H,27,28)/b12-8-,14-10+,17-16+,20-13+,21-19+,23-9+. The summed E-state index contributed by atoms with van der Waals surface area (Å²) in [5.41, 5.74) is 6.16. The van der Waals surface area contributed by atoms with Crippen molar-refractivity contribution in [2.45, 2.75) is 67.7 Å². The quantitative estimate of drug-likeness (QED) is 0.370. The van der Waals surface area contributed by atoms with E-state index in [0.717, 1.165) is 11.3 Å². The van der Waals surface area contributed by atoms with E-state index in [2.05, 4.69) is 51.2 Å². The van der Waals surface area contributed by atoms with E-state index in [1.165, 1.54) is 36.0 Å². The smallest absolute Gasteiger partial charge is 0.248 e. The Kier molecular flexibility index (Phi) is 9.72. The van der Waals surface area contributed by atoms with Gasteiger partial charge in [-0.05, 0) is 76.5 Å². The second-order valence-corrected chi connectivity index (χ2v) is 8.16. The maximum Gasteiger partial charge on any atom is 0.248 e. The van der Waals surface area contributed by atoms with Crippen LogP contribution in [-0.2, 0) is 4.79 Å². The van der Waals surface area contributed by atoms with E-state index < -0.39 is 0 Å². The first-order chi connectivity index (χ1) is 13.2. The van der Waals surface area contributed by atoms with E-state index in [1.54, 1.807) is 6.08 Å². The monoisotopic (exact) mass is 379 g/mol. The first kappa shape index (κ1) is 23.7. The van der Waals surface area contributed by atoms with Crippen LogP contribution in [0.15, 0.2) is 82.7 Å². The Balaban J connectivity index is 2.73. The molecule has 0 saturated heterocycles. The van der Waals surface area contributed by atoms with Crippen LogP contribution in [0.5, 0.6) is 0 Å². The molecule has 152 valence electrons. The first-order valence-electron chi connectivity index (χ1n) is 10.2. The molecular formula is C26H37NO. The van der Waals surface area contributed by atoms with Gasteiger partial charge in [0.15, 0.2) is 0 Å². The fourth-order valence-corrected chi connectivity index (χ4v) is 3.46. The highest BCUT2D eigenvalue weighted by Crippen LogP contribution is 2.40. The normalized spacial score (nSPS) is 19.3. The van der Waals surface area contributed by atoms with Crippen LogP contribution in [0.25, 0.3) is 0 Å². The number of carbonyl (C=O) groups is 1. The van der Waals surface area contributed by atoms with Crippen LogP contribution >= 0.6 is 0 Å². The van der Waals surface area contributed by atoms with Crippen molar-refractivity contribution in [3.05, 3.63) is 82.7 Å². The number of amides is 1. The van der Waals surface area contributed by atoms with Crippen LogP contribution in [0.4, 0.5) is 0 Å². The minimum atomic E-state index is -0.115. The molecule has 0 aromatic heterocycles. The number of hydrogen-bond acceptors (Lipinski definition) is 1. The first-order valence-corrected chi connectivity index (χ1v) is 10.2. The van der Waals surface area contributed by atoms with Gasteiger partial charge in [-0.1, -0.05) is 67.5 Å². The lowest BCUT2D eigenvalue weighted by molar-refractivity contribution is -0.115. The molecule has 0 fully saturated rings. The predicted molar refractivity (Wildman–Crippen MR) is 123 cm³/mol. The van der Waals surface area contributed by atoms with Gasteiger partial charge in [-0.25, -0.2) is 0 Å². The molecule has 1 rings (SSSR count). The Hall–Kier alpha value is -2.35. The van der Waals surface area contributed by atoms with E-state index >= 15 is 0 Å². The lowest BCUT2D eigenvalue weighted by atomic mass is 9.72. The summed E-state index contributed by atoms with van der Waals surface area (Å²) in [7, 11) is 0. The van der Waals surface area contributed by atoms with Crippen molar-refractivity contribution >= 4 is 5.91 Å². The van der Waals surface area contributed by atoms with Crippen LogP contribution in [0.3, 0.4) is 0 Å². The number of carbonyl (C=O) groups excluding carboxylic acids is 1. The molecule has 0 aromatic rings. The molecular weight excluding hydrogens is 342 g/mol. The van der Waals surface area contributed by atoms with Gasteiger partial charge in [0.1, 0.15) is 0 Å². The Morgan fingerprint density at radius 3 is 2.39 bits per heavy atom. The summed E-state index contributed by atoms with van der Waals surface area (Å²) in [5, 5.41) is 2.86. The predicted octanol–water partition coefficient (Wildman–Crippen LogP) is 7.11. The van der Waals surface area contributed by atoms with Gasteiger partial charge in [-0.15, -0.1) is 0 Å². The van der Waals surface area contributed by atoms with Gasteiger partial charge in [0.2, 0.25) is 5.91 Å². The van der Waals surface area contributed by atoms with Crippen LogP contribution in [0.1, 0.15) is 67.7 Å². The molecule has 0 aliphatic heterocycles. The molecule has 0 unspecified atom stereocenters. The molecule has 0 spiro atoms. The fraction of sp³-hybridized carbons (Fsp3) is 0.423. The van der Waals surface area contributed by atoms with Gasteiger partial charge in [-0.3, -0.25) is 4.79 Å².